The molecule has 2 unspecified atom stereocenters. The number of oxazole rings is 1. The molecule has 2 heterocycles. The normalized spacial score (nSPS) is 23.2. The molecule has 1 aliphatic rings. The summed E-state index contributed by atoms with van der Waals surface area (Å²) >= 11 is 0. The Kier molecular flexibility index (Phi) is 3.06. The summed E-state index contributed by atoms with van der Waals surface area (Å²) in [4.78, 5) is 16.8. The highest BCUT2D eigenvalue weighted by molar-refractivity contribution is 5.77. The maximum atomic E-state index is 10.8. The minimum atomic E-state index is -0.428. The van der Waals surface area contributed by atoms with Crippen LogP contribution in [0, 0.1) is 10.1 Å². The van der Waals surface area contributed by atoms with Gasteiger partial charge in [-0.3, -0.25) is 10.1 Å². The van der Waals surface area contributed by atoms with Crippen molar-refractivity contribution in [3.05, 3.63) is 28.3 Å². The number of rotatable bonds is 2. The molecular weight excluding hydrogens is 260 g/mol. The van der Waals surface area contributed by atoms with Crippen molar-refractivity contribution in [2.45, 2.75) is 25.9 Å². The van der Waals surface area contributed by atoms with Crippen molar-refractivity contribution in [2.24, 2.45) is 0 Å². The molecule has 1 N–H and O–H groups in total. The first-order valence-electron chi connectivity index (χ1n) is 6.59. The van der Waals surface area contributed by atoms with Crippen LogP contribution in [-0.2, 0) is 0 Å². The minimum Gasteiger partial charge on any atom is -0.423 e. The molecule has 2 atom stereocenters. The van der Waals surface area contributed by atoms with Gasteiger partial charge in [-0.2, -0.15) is 4.98 Å². The molecule has 1 aliphatic heterocycles. The number of non-ortho nitro benzene ring substituents is 1. The summed E-state index contributed by atoms with van der Waals surface area (Å²) in [5.41, 5.74) is 1.12. The number of nitro benzene ring substituents is 1. The van der Waals surface area contributed by atoms with Crippen molar-refractivity contribution in [1.82, 2.24) is 10.3 Å². The van der Waals surface area contributed by atoms with Gasteiger partial charge in [0.2, 0.25) is 0 Å². The van der Waals surface area contributed by atoms with E-state index in [2.05, 4.69) is 29.0 Å². The minimum absolute atomic E-state index is 0.0272. The quantitative estimate of drug-likeness (QED) is 0.666. The molecule has 0 spiro atoms. The van der Waals surface area contributed by atoms with Crippen LogP contribution in [-0.4, -0.2) is 35.1 Å². The van der Waals surface area contributed by atoms with E-state index in [4.69, 9.17) is 4.42 Å². The van der Waals surface area contributed by atoms with E-state index in [-0.39, 0.29) is 5.69 Å². The highest BCUT2D eigenvalue weighted by Gasteiger charge is 2.24. The van der Waals surface area contributed by atoms with E-state index >= 15 is 0 Å². The fourth-order valence-corrected chi connectivity index (χ4v) is 2.64. The Morgan fingerprint density at radius 1 is 1.40 bits per heavy atom. The molecule has 3 rings (SSSR count). The van der Waals surface area contributed by atoms with Crippen molar-refractivity contribution in [3.63, 3.8) is 0 Å². The van der Waals surface area contributed by atoms with Crippen LogP contribution in [0.1, 0.15) is 13.8 Å². The fourth-order valence-electron chi connectivity index (χ4n) is 2.64. The van der Waals surface area contributed by atoms with Crippen LogP contribution < -0.4 is 10.2 Å². The van der Waals surface area contributed by atoms with Crippen molar-refractivity contribution >= 4 is 22.8 Å². The molecule has 7 nitrogen and oxygen atoms in total. The summed E-state index contributed by atoms with van der Waals surface area (Å²) in [6.07, 6.45) is 0. The third kappa shape index (κ3) is 2.32. The largest absolute Gasteiger partial charge is 0.423 e. The molecule has 1 aromatic heterocycles. The van der Waals surface area contributed by atoms with Crippen molar-refractivity contribution in [2.75, 3.05) is 18.0 Å². The third-order valence-corrected chi connectivity index (χ3v) is 3.40. The van der Waals surface area contributed by atoms with Crippen LogP contribution in [0.4, 0.5) is 11.7 Å². The van der Waals surface area contributed by atoms with Crippen molar-refractivity contribution < 1.29 is 9.34 Å². The summed E-state index contributed by atoms with van der Waals surface area (Å²) in [6.45, 7) is 5.82. The highest BCUT2D eigenvalue weighted by Crippen LogP contribution is 2.26. The Hall–Kier alpha value is -2.15. The molecule has 0 bridgehead atoms. The molecule has 1 saturated heterocycles. The predicted octanol–water partition coefficient (Wildman–Crippen LogP) is 1.92. The number of hydrogen-bond donors (Lipinski definition) is 1. The zero-order valence-electron chi connectivity index (χ0n) is 11.4. The monoisotopic (exact) mass is 276 g/mol. The molecule has 1 aromatic carbocycles. The number of nitro groups is 1. The molecule has 0 amide bonds. The van der Waals surface area contributed by atoms with Gasteiger partial charge in [-0.15, -0.1) is 0 Å². The zero-order chi connectivity index (χ0) is 14.3. The summed E-state index contributed by atoms with van der Waals surface area (Å²) in [5, 5.41) is 14.2. The van der Waals surface area contributed by atoms with Crippen LogP contribution in [0.15, 0.2) is 22.6 Å². The van der Waals surface area contributed by atoms with Crippen molar-refractivity contribution in [3.8, 4) is 0 Å². The maximum Gasteiger partial charge on any atom is 0.298 e. The van der Waals surface area contributed by atoms with Gasteiger partial charge in [0, 0.05) is 37.3 Å². The Bertz CT molecular complexity index is 644. The Morgan fingerprint density at radius 2 is 2.10 bits per heavy atom. The standard InChI is InChI=1S/C13H16N4O3/c1-8-6-16(7-9(2)14-8)13-15-11-5-10(17(18)19)3-4-12(11)20-13/h3-5,8-9,14H,6-7H2,1-2H3. The molecule has 2 aromatic rings. The van der Waals surface area contributed by atoms with E-state index < -0.39 is 4.92 Å². The molecular formula is C13H16N4O3. The average molecular weight is 276 g/mol. The van der Waals surface area contributed by atoms with Gasteiger partial charge < -0.3 is 14.6 Å². The Balaban J connectivity index is 1.94. The van der Waals surface area contributed by atoms with Gasteiger partial charge in [-0.1, -0.05) is 0 Å². The van der Waals surface area contributed by atoms with E-state index in [1.54, 1.807) is 6.07 Å². The van der Waals surface area contributed by atoms with Crippen LogP contribution in [0.25, 0.3) is 11.1 Å². The lowest BCUT2D eigenvalue weighted by Crippen LogP contribution is -2.54. The van der Waals surface area contributed by atoms with Gasteiger partial charge in [-0.25, -0.2) is 0 Å². The van der Waals surface area contributed by atoms with E-state index in [0.717, 1.165) is 13.1 Å². The van der Waals surface area contributed by atoms with E-state index in [1.165, 1.54) is 12.1 Å². The number of benzene rings is 1. The maximum absolute atomic E-state index is 10.8. The number of anilines is 1. The smallest absolute Gasteiger partial charge is 0.298 e. The van der Waals surface area contributed by atoms with Crippen LogP contribution in [0.3, 0.4) is 0 Å². The van der Waals surface area contributed by atoms with Crippen LogP contribution in [0.5, 0.6) is 0 Å². The predicted molar refractivity (Wildman–Crippen MR) is 74.9 cm³/mol. The van der Waals surface area contributed by atoms with Crippen LogP contribution in [0.2, 0.25) is 0 Å². The second-order valence-electron chi connectivity index (χ2n) is 5.28. The Labute approximate surface area is 115 Å². The molecule has 1 fully saturated rings. The van der Waals surface area contributed by atoms with Gasteiger partial charge in [0.25, 0.3) is 11.7 Å². The van der Waals surface area contributed by atoms with E-state index in [1.807, 2.05) is 0 Å². The number of piperazine rings is 1. The topological polar surface area (TPSA) is 84.4 Å². The summed E-state index contributed by atoms with van der Waals surface area (Å²) in [5.74, 6) is 0. The lowest BCUT2D eigenvalue weighted by Gasteiger charge is -2.35. The molecule has 106 valence electrons. The lowest BCUT2D eigenvalue weighted by atomic mass is 10.2. The second-order valence-corrected chi connectivity index (χ2v) is 5.28. The first kappa shape index (κ1) is 12.9. The Morgan fingerprint density at radius 3 is 2.75 bits per heavy atom. The van der Waals surface area contributed by atoms with Gasteiger partial charge in [0.15, 0.2) is 5.58 Å². The summed E-state index contributed by atoms with van der Waals surface area (Å²) < 4.78 is 5.70. The SMILES string of the molecule is CC1CN(c2nc3cc([N+](=O)[O-])ccc3o2)CC(C)N1. The van der Waals surface area contributed by atoms with Gasteiger partial charge in [0.1, 0.15) is 5.52 Å². The first-order valence-corrected chi connectivity index (χ1v) is 6.59. The lowest BCUT2D eigenvalue weighted by molar-refractivity contribution is -0.384. The van der Waals surface area contributed by atoms with E-state index in [9.17, 15) is 10.1 Å². The zero-order valence-corrected chi connectivity index (χ0v) is 11.4. The number of hydrogen-bond acceptors (Lipinski definition) is 6. The molecule has 0 radical (unpaired) electrons. The van der Waals surface area contributed by atoms with Gasteiger partial charge in [-0.05, 0) is 19.9 Å². The molecule has 7 heteroatoms. The number of aromatic nitrogens is 1. The molecule has 0 saturated carbocycles. The van der Waals surface area contributed by atoms with Gasteiger partial charge in [0.05, 0.1) is 4.92 Å². The van der Waals surface area contributed by atoms with Crippen molar-refractivity contribution in [1.29, 1.82) is 0 Å². The fraction of sp³-hybridized carbons (Fsp3) is 0.462. The molecule has 0 aliphatic carbocycles. The summed E-state index contributed by atoms with van der Waals surface area (Å²) in [7, 11) is 0. The number of nitrogens with zero attached hydrogens (tertiary/aromatic N) is 3. The van der Waals surface area contributed by atoms with Gasteiger partial charge >= 0.3 is 0 Å². The first-order chi connectivity index (χ1) is 9.52. The summed E-state index contributed by atoms with van der Waals surface area (Å²) in [6, 6.07) is 5.70. The number of fused-ring (bicyclic) bond motifs is 1. The third-order valence-electron chi connectivity index (χ3n) is 3.40. The highest BCUT2D eigenvalue weighted by atomic mass is 16.6. The average Bonchev–Trinajstić information content (AvgIpc) is 2.80. The number of nitrogens with one attached hydrogen (secondary N) is 1. The second kappa shape index (κ2) is 4.75. The molecule has 20 heavy (non-hydrogen) atoms. The van der Waals surface area contributed by atoms with E-state index in [0.29, 0.717) is 29.2 Å². The van der Waals surface area contributed by atoms with Crippen LogP contribution >= 0.6 is 0 Å².